The number of anilines is 1. The van der Waals surface area contributed by atoms with E-state index in [2.05, 4.69) is 25.3 Å². The number of carbonyl (C=O) groups is 2. The molecule has 1 unspecified atom stereocenters. The highest BCUT2D eigenvalue weighted by Crippen LogP contribution is 2.36. The van der Waals surface area contributed by atoms with Gasteiger partial charge in [-0.3, -0.25) is 4.79 Å². The van der Waals surface area contributed by atoms with Gasteiger partial charge in [-0.05, 0) is 61.6 Å². The second-order valence-electron chi connectivity index (χ2n) is 8.73. The SMILES string of the molecule is CC(OC(=O)c1c2c(nc3ccccc13)/C(=C\c1ccco1)CCC2)C(=O)Nc1ncnc2nc[nH]c12. The number of imidazole rings is 1. The van der Waals surface area contributed by atoms with Crippen LogP contribution in [0.3, 0.4) is 0 Å². The molecule has 2 N–H and O–H groups in total. The lowest BCUT2D eigenvalue weighted by Crippen LogP contribution is -2.31. The van der Waals surface area contributed by atoms with Crippen LogP contribution in [0.4, 0.5) is 5.82 Å². The molecule has 6 rings (SSSR count). The maximum absolute atomic E-state index is 13.6. The Morgan fingerprint density at radius 1 is 1.14 bits per heavy atom. The number of hydrogen-bond acceptors (Lipinski definition) is 8. The topological polar surface area (TPSA) is 136 Å². The molecule has 0 spiro atoms. The average Bonchev–Trinajstić information content (AvgIpc) is 3.60. The molecule has 0 saturated carbocycles. The number of allylic oxidation sites excluding steroid dienone is 1. The molecule has 0 radical (unpaired) electrons. The Bertz CT molecular complexity index is 1670. The largest absolute Gasteiger partial charge is 0.465 e. The number of para-hydroxylation sites is 1. The predicted octanol–water partition coefficient (Wildman–Crippen LogP) is 4.56. The number of nitrogens with one attached hydrogen (secondary N) is 2. The summed E-state index contributed by atoms with van der Waals surface area (Å²) in [6.07, 6.45) is 7.61. The monoisotopic (exact) mass is 494 g/mol. The maximum Gasteiger partial charge on any atom is 0.339 e. The van der Waals surface area contributed by atoms with Gasteiger partial charge in [0.05, 0.1) is 29.4 Å². The van der Waals surface area contributed by atoms with Crippen molar-refractivity contribution in [3.05, 3.63) is 77.9 Å². The fourth-order valence-corrected chi connectivity index (χ4v) is 4.60. The Labute approximate surface area is 210 Å². The maximum atomic E-state index is 13.6. The van der Waals surface area contributed by atoms with Crippen molar-refractivity contribution in [2.75, 3.05) is 5.32 Å². The molecule has 1 aromatic carbocycles. The van der Waals surface area contributed by atoms with Crippen molar-refractivity contribution in [3.8, 4) is 0 Å². The Kier molecular flexibility index (Phi) is 5.68. The number of furan rings is 1. The van der Waals surface area contributed by atoms with Gasteiger partial charge in [-0.15, -0.1) is 0 Å². The summed E-state index contributed by atoms with van der Waals surface area (Å²) in [6.45, 7) is 1.52. The van der Waals surface area contributed by atoms with Gasteiger partial charge in [-0.1, -0.05) is 18.2 Å². The number of rotatable bonds is 5. The molecule has 10 nitrogen and oxygen atoms in total. The molecule has 0 bridgehead atoms. The number of benzene rings is 1. The van der Waals surface area contributed by atoms with Crippen molar-refractivity contribution >= 4 is 51.4 Å². The number of fused-ring (bicyclic) bond motifs is 3. The zero-order valence-electron chi connectivity index (χ0n) is 19.9. The number of hydrogen-bond donors (Lipinski definition) is 2. The molecule has 1 amide bonds. The minimum Gasteiger partial charge on any atom is -0.465 e. The molecule has 0 fully saturated rings. The van der Waals surface area contributed by atoms with Crippen molar-refractivity contribution in [1.82, 2.24) is 24.9 Å². The average molecular weight is 495 g/mol. The standard InChI is InChI=1S/C27H22N6O4/c1-15(26(34)33-25-23-24(29-13-28-23)30-14-31-25)37-27(35)21-18-8-2-3-10-20(18)32-22-16(6-4-9-19(21)22)12-17-7-5-11-36-17/h2-3,5,7-8,10-15H,4,6,9H2,1H3,(H2,28,29,30,31,33,34)/b16-12-. The van der Waals surface area contributed by atoms with Gasteiger partial charge in [0.2, 0.25) is 0 Å². The molecule has 37 heavy (non-hydrogen) atoms. The number of H-pyrrole nitrogens is 1. The molecule has 0 saturated heterocycles. The van der Waals surface area contributed by atoms with E-state index < -0.39 is 18.0 Å². The van der Waals surface area contributed by atoms with Gasteiger partial charge in [-0.2, -0.15) is 0 Å². The van der Waals surface area contributed by atoms with E-state index in [1.807, 2.05) is 42.5 Å². The third kappa shape index (κ3) is 4.22. The van der Waals surface area contributed by atoms with Gasteiger partial charge in [0.15, 0.2) is 17.6 Å². The summed E-state index contributed by atoms with van der Waals surface area (Å²) in [5.74, 6) is -0.113. The highest BCUT2D eigenvalue weighted by Gasteiger charge is 2.28. The van der Waals surface area contributed by atoms with E-state index in [1.54, 1.807) is 6.26 Å². The van der Waals surface area contributed by atoms with E-state index in [4.69, 9.17) is 14.1 Å². The van der Waals surface area contributed by atoms with Gasteiger partial charge in [0.1, 0.15) is 17.6 Å². The molecular weight excluding hydrogens is 472 g/mol. The van der Waals surface area contributed by atoms with E-state index in [9.17, 15) is 9.59 Å². The second-order valence-corrected chi connectivity index (χ2v) is 8.73. The van der Waals surface area contributed by atoms with Crippen LogP contribution in [0.1, 0.15) is 47.1 Å². The molecule has 0 aliphatic heterocycles. The van der Waals surface area contributed by atoms with Crippen molar-refractivity contribution in [3.63, 3.8) is 0 Å². The first kappa shape index (κ1) is 22.6. The third-order valence-corrected chi connectivity index (χ3v) is 6.35. The van der Waals surface area contributed by atoms with Crippen LogP contribution >= 0.6 is 0 Å². The summed E-state index contributed by atoms with van der Waals surface area (Å²) < 4.78 is 11.2. The summed E-state index contributed by atoms with van der Waals surface area (Å²) in [6, 6.07) is 11.2. The fourth-order valence-electron chi connectivity index (χ4n) is 4.60. The number of aromatic amines is 1. The summed E-state index contributed by atoms with van der Waals surface area (Å²) in [4.78, 5) is 46.5. The van der Waals surface area contributed by atoms with Gasteiger partial charge in [0, 0.05) is 5.39 Å². The lowest BCUT2D eigenvalue weighted by molar-refractivity contribution is -0.123. The number of carbonyl (C=O) groups excluding carboxylic acids is 2. The Balaban J connectivity index is 1.33. The minimum atomic E-state index is -1.08. The van der Waals surface area contributed by atoms with Gasteiger partial charge in [0.25, 0.3) is 5.91 Å². The summed E-state index contributed by atoms with van der Waals surface area (Å²) >= 11 is 0. The smallest absolute Gasteiger partial charge is 0.339 e. The normalized spacial score (nSPS) is 15.0. The molecule has 5 aromatic rings. The molecule has 4 aromatic heterocycles. The van der Waals surface area contributed by atoms with Crippen LogP contribution in [0.5, 0.6) is 0 Å². The van der Waals surface area contributed by atoms with E-state index in [1.165, 1.54) is 19.6 Å². The molecule has 10 heteroatoms. The second kappa shape index (κ2) is 9.30. The molecule has 1 aliphatic carbocycles. The Hall–Kier alpha value is -4.86. The van der Waals surface area contributed by atoms with Crippen molar-refractivity contribution < 1.29 is 18.7 Å². The van der Waals surface area contributed by atoms with E-state index in [0.29, 0.717) is 34.1 Å². The molecular formula is C27H22N6O4. The zero-order chi connectivity index (χ0) is 25.4. The van der Waals surface area contributed by atoms with Crippen LogP contribution in [0, 0.1) is 0 Å². The molecule has 1 aliphatic rings. The number of esters is 1. The van der Waals surface area contributed by atoms with Crippen LogP contribution in [-0.2, 0) is 16.0 Å². The summed E-state index contributed by atoms with van der Waals surface area (Å²) in [5, 5.41) is 3.38. The van der Waals surface area contributed by atoms with Gasteiger partial charge in [-0.25, -0.2) is 24.7 Å². The van der Waals surface area contributed by atoms with E-state index in [0.717, 1.165) is 35.4 Å². The minimum absolute atomic E-state index is 0.259. The van der Waals surface area contributed by atoms with E-state index >= 15 is 0 Å². The van der Waals surface area contributed by atoms with Crippen LogP contribution in [0.15, 0.2) is 59.7 Å². The number of aromatic nitrogens is 5. The van der Waals surface area contributed by atoms with Crippen LogP contribution in [-0.4, -0.2) is 42.9 Å². The van der Waals surface area contributed by atoms with Crippen LogP contribution < -0.4 is 5.32 Å². The van der Waals surface area contributed by atoms with Crippen LogP contribution in [0.25, 0.3) is 33.7 Å². The fraction of sp³-hybridized carbons (Fsp3) is 0.185. The number of nitrogens with zero attached hydrogens (tertiary/aromatic N) is 4. The van der Waals surface area contributed by atoms with E-state index in [-0.39, 0.29) is 5.82 Å². The quantitative estimate of drug-likeness (QED) is 0.340. The molecule has 1 atom stereocenters. The zero-order valence-corrected chi connectivity index (χ0v) is 19.9. The predicted molar refractivity (Wildman–Crippen MR) is 136 cm³/mol. The molecule has 4 heterocycles. The third-order valence-electron chi connectivity index (χ3n) is 6.35. The highest BCUT2D eigenvalue weighted by molar-refractivity contribution is 6.08. The number of amides is 1. The first-order chi connectivity index (χ1) is 18.1. The number of pyridine rings is 1. The van der Waals surface area contributed by atoms with Crippen molar-refractivity contribution in [2.45, 2.75) is 32.3 Å². The Morgan fingerprint density at radius 3 is 2.89 bits per heavy atom. The first-order valence-corrected chi connectivity index (χ1v) is 11.9. The Morgan fingerprint density at radius 2 is 2.03 bits per heavy atom. The summed E-state index contributed by atoms with van der Waals surface area (Å²) in [5.41, 5.74) is 4.59. The van der Waals surface area contributed by atoms with Gasteiger partial charge >= 0.3 is 5.97 Å². The number of ether oxygens (including phenoxy) is 1. The lowest BCUT2D eigenvalue weighted by atomic mass is 9.86. The lowest BCUT2D eigenvalue weighted by Gasteiger charge is -2.23. The summed E-state index contributed by atoms with van der Waals surface area (Å²) in [7, 11) is 0. The molecule has 184 valence electrons. The first-order valence-electron chi connectivity index (χ1n) is 11.9. The highest BCUT2D eigenvalue weighted by atomic mass is 16.5. The van der Waals surface area contributed by atoms with Crippen LogP contribution in [0.2, 0.25) is 0 Å². The van der Waals surface area contributed by atoms with Crippen molar-refractivity contribution in [1.29, 1.82) is 0 Å². The van der Waals surface area contributed by atoms with Crippen molar-refractivity contribution in [2.24, 2.45) is 0 Å². The van der Waals surface area contributed by atoms with Gasteiger partial charge < -0.3 is 19.5 Å².